The number of pyridine rings is 1. The molecule has 3 rings (SSSR count). The van der Waals surface area contributed by atoms with Crippen molar-refractivity contribution < 1.29 is 4.79 Å². The third kappa shape index (κ3) is 3.00. The molecule has 1 aliphatic rings. The fraction of sp³-hybridized carbons (Fsp3) is 0.444. The first kappa shape index (κ1) is 16.1. The first-order valence-electron chi connectivity index (χ1n) is 8.13. The van der Waals surface area contributed by atoms with Crippen LogP contribution in [0.25, 0.3) is 10.9 Å². The van der Waals surface area contributed by atoms with Crippen molar-refractivity contribution in [3.05, 3.63) is 45.2 Å². The predicted octanol–water partition coefficient (Wildman–Crippen LogP) is 3.55. The van der Waals surface area contributed by atoms with Gasteiger partial charge in [0.1, 0.15) is 5.56 Å². The summed E-state index contributed by atoms with van der Waals surface area (Å²) in [5, 5.41) is 1.02. The molecule has 1 fully saturated rings. The fourth-order valence-corrected chi connectivity index (χ4v) is 3.34. The molecule has 0 spiro atoms. The van der Waals surface area contributed by atoms with Gasteiger partial charge in [-0.25, -0.2) is 0 Å². The van der Waals surface area contributed by atoms with Gasteiger partial charge in [-0.3, -0.25) is 9.59 Å². The second-order valence-electron chi connectivity index (χ2n) is 6.29. The van der Waals surface area contributed by atoms with Crippen LogP contribution < -0.4 is 5.43 Å². The summed E-state index contributed by atoms with van der Waals surface area (Å²) in [5.41, 5.74) is 0.831. The molecule has 5 heteroatoms. The van der Waals surface area contributed by atoms with Gasteiger partial charge in [-0.15, -0.1) is 0 Å². The summed E-state index contributed by atoms with van der Waals surface area (Å²) >= 11 is 6.04. The van der Waals surface area contributed by atoms with Crippen molar-refractivity contribution >= 4 is 28.4 Å². The molecule has 1 aromatic carbocycles. The van der Waals surface area contributed by atoms with Gasteiger partial charge in [0.05, 0.1) is 5.52 Å². The second kappa shape index (κ2) is 6.36. The number of benzene rings is 1. The zero-order chi connectivity index (χ0) is 16.6. The number of fused-ring (bicyclic) bond motifs is 1. The lowest BCUT2D eigenvalue weighted by Gasteiger charge is -2.30. The first-order valence-corrected chi connectivity index (χ1v) is 8.51. The molecule has 4 nitrogen and oxygen atoms in total. The largest absolute Gasteiger partial charge is 0.347 e. The van der Waals surface area contributed by atoms with Crippen molar-refractivity contribution in [2.45, 2.75) is 33.2 Å². The second-order valence-corrected chi connectivity index (χ2v) is 6.73. The van der Waals surface area contributed by atoms with Crippen LogP contribution >= 0.6 is 11.6 Å². The molecule has 2 heterocycles. The van der Waals surface area contributed by atoms with Gasteiger partial charge in [0.25, 0.3) is 5.91 Å². The van der Waals surface area contributed by atoms with E-state index in [4.69, 9.17) is 11.6 Å². The van der Waals surface area contributed by atoms with E-state index in [0.29, 0.717) is 22.9 Å². The SMILES string of the molecule is CCn1cc(C(=O)N2CCC(C)CC2)c(=O)c2cc(Cl)ccc21. The Balaban J connectivity index is 2.08. The molecular formula is C18H21ClN2O2. The molecular weight excluding hydrogens is 312 g/mol. The number of amides is 1. The maximum atomic E-state index is 12.8. The van der Waals surface area contributed by atoms with Crippen molar-refractivity contribution in [1.29, 1.82) is 0 Å². The Morgan fingerprint density at radius 3 is 2.65 bits per heavy atom. The van der Waals surface area contributed by atoms with Gasteiger partial charge in [-0.1, -0.05) is 18.5 Å². The molecule has 1 saturated heterocycles. The number of carbonyl (C=O) groups excluding carboxylic acids is 1. The van der Waals surface area contributed by atoms with Crippen molar-refractivity contribution in [2.75, 3.05) is 13.1 Å². The molecule has 0 radical (unpaired) electrons. The lowest BCUT2D eigenvalue weighted by atomic mass is 9.98. The molecule has 23 heavy (non-hydrogen) atoms. The maximum Gasteiger partial charge on any atom is 0.259 e. The zero-order valence-electron chi connectivity index (χ0n) is 13.5. The van der Waals surface area contributed by atoms with E-state index in [9.17, 15) is 9.59 Å². The molecule has 0 bridgehead atoms. The third-order valence-corrected chi connectivity index (χ3v) is 4.92. The highest BCUT2D eigenvalue weighted by molar-refractivity contribution is 6.31. The molecule has 1 amide bonds. The van der Waals surface area contributed by atoms with Gasteiger partial charge in [0.2, 0.25) is 5.43 Å². The fourth-order valence-electron chi connectivity index (χ4n) is 3.17. The van der Waals surface area contributed by atoms with Gasteiger partial charge in [-0.05, 0) is 43.9 Å². The smallest absolute Gasteiger partial charge is 0.259 e. The van der Waals surface area contributed by atoms with E-state index >= 15 is 0 Å². The zero-order valence-corrected chi connectivity index (χ0v) is 14.3. The van der Waals surface area contributed by atoms with E-state index in [-0.39, 0.29) is 16.9 Å². The first-order chi connectivity index (χ1) is 11.0. The van der Waals surface area contributed by atoms with Gasteiger partial charge in [-0.2, -0.15) is 0 Å². The van der Waals surface area contributed by atoms with Crippen LogP contribution in [-0.4, -0.2) is 28.5 Å². The van der Waals surface area contributed by atoms with Crippen LogP contribution in [0.5, 0.6) is 0 Å². The van der Waals surface area contributed by atoms with E-state index in [2.05, 4.69) is 6.92 Å². The van der Waals surface area contributed by atoms with Crippen molar-refractivity contribution in [1.82, 2.24) is 9.47 Å². The average Bonchev–Trinajstić information content (AvgIpc) is 2.56. The molecule has 2 aromatic rings. The Kier molecular flexibility index (Phi) is 4.44. The monoisotopic (exact) mass is 332 g/mol. The standard InChI is InChI=1S/C18H21ClN2O2/c1-3-20-11-15(18(23)21-8-6-12(2)7-9-21)17(22)14-10-13(19)4-5-16(14)20/h4-5,10-12H,3,6-9H2,1-2H3. The van der Waals surface area contributed by atoms with E-state index in [1.807, 2.05) is 17.6 Å². The summed E-state index contributed by atoms with van der Waals surface area (Å²) in [5.74, 6) is 0.479. The van der Waals surface area contributed by atoms with Crippen LogP contribution in [0.1, 0.15) is 37.0 Å². The van der Waals surface area contributed by atoms with Crippen LogP contribution in [0.2, 0.25) is 5.02 Å². The van der Waals surface area contributed by atoms with Crippen LogP contribution in [0.4, 0.5) is 0 Å². The van der Waals surface area contributed by atoms with E-state index < -0.39 is 0 Å². The summed E-state index contributed by atoms with van der Waals surface area (Å²) < 4.78 is 1.94. The normalized spacial score (nSPS) is 16.0. The Hall–Kier alpha value is -1.81. The minimum Gasteiger partial charge on any atom is -0.347 e. The predicted molar refractivity (Wildman–Crippen MR) is 93.2 cm³/mol. The number of halogens is 1. The molecule has 1 aliphatic heterocycles. The minimum absolute atomic E-state index is 0.161. The lowest BCUT2D eigenvalue weighted by molar-refractivity contribution is 0.0695. The van der Waals surface area contributed by atoms with E-state index in [1.165, 1.54) is 0 Å². The van der Waals surface area contributed by atoms with Gasteiger partial charge in [0, 0.05) is 36.2 Å². The molecule has 122 valence electrons. The molecule has 0 saturated carbocycles. The number of hydrogen-bond donors (Lipinski definition) is 0. The number of carbonyl (C=O) groups is 1. The summed E-state index contributed by atoms with van der Waals surface area (Å²) in [6, 6.07) is 5.25. The molecule has 0 unspecified atom stereocenters. The van der Waals surface area contributed by atoms with Crippen LogP contribution in [-0.2, 0) is 6.54 Å². The molecule has 0 aliphatic carbocycles. The minimum atomic E-state index is -0.226. The van der Waals surface area contributed by atoms with Gasteiger partial charge in [0.15, 0.2) is 0 Å². The Bertz CT molecular complexity index is 805. The van der Waals surface area contributed by atoms with Crippen molar-refractivity contribution in [3.8, 4) is 0 Å². The number of rotatable bonds is 2. The third-order valence-electron chi connectivity index (χ3n) is 4.68. The van der Waals surface area contributed by atoms with Crippen LogP contribution in [0, 0.1) is 5.92 Å². The number of hydrogen-bond acceptors (Lipinski definition) is 2. The summed E-state index contributed by atoms with van der Waals surface area (Å²) in [6.45, 7) is 6.33. The highest BCUT2D eigenvalue weighted by Gasteiger charge is 2.24. The number of likely N-dealkylation sites (tertiary alicyclic amines) is 1. The van der Waals surface area contributed by atoms with E-state index in [0.717, 1.165) is 31.4 Å². The van der Waals surface area contributed by atoms with Crippen molar-refractivity contribution in [2.24, 2.45) is 5.92 Å². The Morgan fingerprint density at radius 2 is 2.00 bits per heavy atom. The van der Waals surface area contributed by atoms with E-state index in [1.54, 1.807) is 23.2 Å². The number of nitrogens with zero attached hydrogens (tertiary/aromatic N) is 2. The van der Waals surface area contributed by atoms with Crippen LogP contribution in [0.3, 0.4) is 0 Å². The molecule has 0 N–H and O–H groups in total. The Labute approximate surface area is 140 Å². The van der Waals surface area contributed by atoms with Gasteiger partial charge >= 0.3 is 0 Å². The average molecular weight is 333 g/mol. The number of aryl methyl sites for hydroxylation is 1. The topological polar surface area (TPSA) is 42.3 Å². The van der Waals surface area contributed by atoms with Crippen LogP contribution in [0.15, 0.2) is 29.2 Å². The summed E-state index contributed by atoms with van der Waals surface area (Å²) in [4.78, 5) is 27.4. The molecule has 0 atom stereocenters. The Morgan fingerprint density at radius 1 is 1.30 bits per heavy atom. The van der Waals surface area contributed by atoms with Crippen molar-refractivity contribution in [3.63, 3.8) is 0 Å². The summed E-state index contributed by atoms with van der Waals surface area (Å²) in [6.07, 6.45) is 3.68. The number of aromatic nitrogens is 1. The number of piperidine rings is 1. The lowest BCUT2D eigenvalue weighted by Crippen LogP contribution is -2.40. The molecule has 1 aromatic heterocycles. The highest BCUT2D eigenvalue weighted by atomic mass is 35.5. The highest BCUT2D eigenvalue weighted by Crippen LogP contribution is 2.20. The summed E-state index contributed by atoms with van der Waals surface area (Å²) in [7, 11) is 0. The van der Waals surface area contributed by atoms with Gasteiger partial charge < -0.3 is 9.47 Å². The maximum absolute atomic E-state index is 12.8. The quantitative estimate of drug-likeness (QED) is 0.844.